The van der Waals surface area contributed by atoms with Crippen molar-refractivity contribution in [3.8, 4) is 5.75 Å². The molecule has 0 aliphatic heterocycles. The van der Waals surface area contributed by atoms with Crippen LogP contribution >= 0.6 is 34.2 Å². The van der Waals surface area contributed by atoms with Crippen LogP contribution in [0.3, 0.4) is 0 Å². The van der Waals surface area contributed by atoms with Crippen LogP contribution in [0.15, 0.2) is 12.1 Å². The molecule has 0 aliphatic carbocycles. The minimum Gasteiger partial charge on any atom is -0.496 e. The molecule has 110 valence electrons. The number of methoxy groups -OCH3 is 2. The van der Waals surface area contributed by atoms with Gasteiger partial charge in [-0.05, 0) is 34.7 Å². The molecule has 0 radical (unpaired) electrons. The third kappa shape index (κ3) is 4.22. The molecule has 1 aromatic rings. The second kappa shape index (κ2) is 7.65. The quantitative estimate of drug-likeness (QED) is 0.695. The molecule has 1 atom stereocenters. The lowest BCUT2D eigenvalue weighted by atomic mass is 10.1. The van der Waals surface area contributed by atoms with Gasteiger partial charge in [-0.1, -0.05) is 11.6 Å². The van der Waals surface area contributed by atoms with Gasteiger partial charge in [0.15, 0.2) is 6.04 Å². The number of benzene rings is 1. The van der Waals surface area contributed by atoms with Gasteiger partial charge in [-0.2, -0.15) is 0 Å². The number of amides is 1. The Bertz CT molecular complexity index is 523. The van der Waals surface area contributed by atoms with Gasteiger partial charge >= 0.3 is 5.97 Å². The van der Waals surface area contributed by atoms with Gasteiger partial charge in [0.25, 0.3) is 5.91 Å². The number of hydrogen-bond donors (Lipinski definition) is 2. The van der Waals surface area contributed by atoms with Gasteiger partial charge in [0, 0.05) is 10.7 Å². The highest BCUT2D eigenvalue weighted by molar-refractivity contribution is 14.1. The first kappa shape index (κ1) is 17.0. The summed E-state index contributed by atoms with van der Waals surface area (Å²) in [7, 11) is 2.77. The summed E-state index contributed by atoms with van der Waals surface area (Å²) in [5, 5.41) is 11.7. The van der Waals surface area contributed by atoms with E-state index in [2.05, 4.69) is 5.32 Å². The molecule has 0 aliphatic rings. The van der Waals surface area contributed by atoms with Crippen LogP contribution in [0.25, 0.3) is 0 Å². The number of halogens is 2. The number of nitrogens with one attached hydrogen (secondary N) is 1. The Kier molecular flexibility index (Phi) is 6.50. The van der Waals surface area contributed by atoms with E-state index in [9.17, 15) is 9.59 Å². The average molecular weight is 414 g/mol. The van der Waals surface area contributed by atoms with Crippen molar-refractivity contribution < 1.29 is 24.2 Å². The summed E-state index contributed by atoms with van der Waals surface area (Å²) >= 11 is 7.97. The summed E-state index contributed by atoms with van der Waals surface area (Å²) in [6, 6.07) is 1.89. The first-order valence-corrected chi connectivity index (χ1v) is 6.92. The molecule has 0 saturated heterocycles. The largest absolute Gasteiger partial charge is 0.496 e. The average Bonchev–Trinajstić information content (AvgIpc) is 2.40. The maximum absolute atomic E-state index is 12.1. The summed E-state index contributed by atoms with van der Waals surface area (Å²) in [6.45, 7) is -0.137. The number of ether oxygens (including phenoxy) is 2. The van der Waals surface area contributed by atoms with Crippen LogP contribution in [0.2, 0.25) is 5.02 Å². The van der Waals surface area contributed by atoms with Crippen molar-refractivity contribution >= 4 is 46.1 Å². The Morgan fingerprint density at radius 2 is 2.10 bits per heavy atom. The molecule has 0 bridgehead atoms. The van der Waals surface area contributed by atoms with E-state index >= 15 is 0 Å². The molecule has 2 N–H and O–H groups in total. The van der Waals surface area contributed by atoms with Gasteiger partial charge in [-0.15, -0.1) is 0 Å². The Labute approximate surface area is 134 Å². The van der Waals surface area contributed by atoms with Crippen molar-refractivity contribution in [1.82, 2.24) is 5.32 Å². The van der Waals surface area contributed by atoms with Gasteiger partial charge in [-0.25, -0.2) is 4.79 Å². The predicted octanol–water partition coefficient (Wildman–Crippen LogP) is 1.78. The van der Waals surface area contributed by atoms with Crippen LogP contribution in [0.1, 0.15) is 10.4 Å². The molecule has 0 spiro atoms. The molecular formula is C12H13ClINO5. The van der Waals surface area contributed by atoms with Crippen molar-refractivity contribution in [3.05, 3.63) is 26.3 Å². The highest BCUT2D eigenvalue weighted by Gasteiger charge is 2.23. The van der Waals surface area contributed by atoms with Gasteiger partial charge in [0.05, 0.1) is 24.3 Å². The number of aliphatic carboxylic acids is 1. The topological polar surface area (TPSA) is 84.9 Å². The summed E-state index contributed by atoms with van der Waals surface area (Å²) in [5.74, 6) is -1.46. The second-order valence-electron chi connectivity index (χ2n) is 3.79. The molecule has 0 heterocycles. The number of rotatable bonds is 6. The number of carboxylic acids is 1. The highest BCUT2D eigenvalue weighted by atomic mass is 127. The molecule has 6 nitrogen and oxygen atoms in total. The summed E-state index contributed by atoms with van der Waals surface area (Å²) in [5.41, 5.74) is 0.167. The van der Waals surface area contributed by atoms with E-state index in [1.807, 2.05) is 22.6 Å². The Morgan fingerprint density at radius 1 is 1.45 bits per heavy atom. The van der Waals surface area contributed by atoms with E-state index in [1.165, 1.54) is 20.3 Å². The highest BCUT2D eigenvalue weighted by Crippen LogP contribution is 2.28. The van der Waals surface area contributed by atoms with Gasteiger partial charge in [0.1, 0.15) is 5.75 Å². The fourth-order valence-corrected chi connectivity index (χ4v) is 2.05. The zero-order valence-corrected chi connectivity index (χ0v) is 13.7. The molecule has 0 saturated carbocycles. The Morgan fingerprint density at radius 3 is 2.60 bits per heavy atom. The maximum Gasteiger partial charge on any atom is 0.328 e. The molecule has 1 unspecified atom stereocenters. The van der Waals surface area contributed by atoms with E-state index in [4.69, 9.17) is 26.2 Å². The van der Waals surface area contributed by atoms with Gasteiger partial charge in [-0.3, -0.25) is 4.79 Å². The number of hydrogen-bond acceptors (Lipinski definition) is 4. The summed E-state index contributed by atoms with van der Waals surface area (Å²) in [6.07, 6.45) is 0. The van der Waals surface area contributed by atoms with Crippen LogP contribution in [0, 0.1) is 3.57 Å². The number of carbonyl (C=O) groups excluding carboxylic acids is 1. The molecule has 1 amide bonds. The molecular weight excluding hydrogens is 400 g/mol. The number of carbonyl (C=O) groups is 2. The van der Waals surface area contributed by atoms with Crippen molar-refractivity contribution in [2.45, 2.75) is 6.04 Å². The fraction of sp³-hybridized carbons (Fsp3) is 0.333. The van der Waals surface area contributed by atoms with E-state index in [0.717, 1.165) is 3.57 Å². The van der Waals surface area contributed by atoms with Gasteiger partial charge in [0.2, 0.25) is 0 Å². The Hall–Kier alpha value is -1.06. The molecule has 1 rings (SSSR count). The third-order valence-electron chi connectivity index (χ3n) is 2.42. The van der Waals surface area contributed by atoms with Crippen molar-refractivity contribution in [3.63, 3.8) is 0 Å². The maximum atomic E-state index is 12.1. The van der Waals surface area contributed by atoms with E-state index in [1.54, 1.807) is 6.07 Å². The number of carboxylic acid groups (broad SMARTS) is 1. The lowest BCUT2D eigenvalue weighted by Crippen LogP contribution is -2.43. The van der Waals surface area contributed by atoms with Crippen LogP contribution in [-0.2, 0) is 9.53 Å². The van der Waals surface area contributed by atoms with Crippen molar-refractivity contribution in [2.75, 3.05) is 20.8 Å². The van der Waals surface area contributed by atoms with E-state index in [0.29, 0.717) is 10.8 Å². The van der Waals surface area contributed by atoms with Crippen LogP contribution in [0.4, 0.5) is 0 Å². The smallest absolute Gasteiger partial charge is 0.328 e. The predicted molar refractivity (Wildman–Crippen MR) is 81.5 cm³/mol. The van der Waals surface area contributed by atoms with Crippen LogP contribution in [-0.4, -0.2) is 43.9 Å². The fourth-order valence-electron chi connectivity index (χ4n) is 1.45. The second-order valence-corrected chi connectivity index (χ2v) is 5.36. The minimum absolute atomic E-state index is 0.137. The molecule has 8 heteroatoms. The first-order valence-electron chi connectivity index (χ1n) is 5.46. The van der Waals surface area contributed by atoms with Crippen molar-refractivity contribution in [1.29, 1.82) is 0 Å². The monoisotopic (exact) mass is 413 g/mol. The van der Waals surface area contributed by atoms with Crippen LogP contribution < -0.4 is 10.1 Å². The van der Waals surface area contributed by atoms with Crippen molar-refractivity contribution in [2.24, 2.45) is 0 Å². The lowest BCUT2D eigenvalue weighted by Gasteiger charge is -2.15. The van der Waals surface area contributed by atoms with E-state index in [-0.39, 0.29) is 12.2 Å². The molecule has 0 fully saturated rings. The first-order chi connectivity index (χ1) is 9.40. The minimum atomic E-state index is -1.18. The summed E-state index contributed by atoms with van der Waals surface area (Å²) < 4.78 is 10.6. The molecule has 1 aromatic carbocycles. The van der Waals surface area contributed by atoms with Gasteiger partial charge < -0.3 is 19.9 Å². The zero-order chi connectivity index (χ0) is 15.3. The normalized spacial score (nSPS) is 11.8. The zero-order valence-electron chi connectivity index (χ0n) is 10.8. The molecule has 0 aromatic heterocycles. The van der Waals surface area contributed by atoms with E-state index < -0.39 is 17.9 Å². The summed E-state index contributed by atoms with van der Waals surface area (Å²) in [4.78, 5) is 23.1. The lowest BCUT2D eigenvalue weighted by molar-refractivity contribution is -0.140. The third-order valence-corrected chi connectivity index (χ3v) is 3.95. The SMILES string of the molecule is COCC(NC(=O)c1cc(Cl)c(I)cc1OC)C(=O)O. The standard InChI is InChI=1S/C12H13ClINO5/c1-19-5-9(12(17)18)15-11(16)6-3-7(13)8(14)4-10(6)20-2/h3-4,9H,5H2,1-2H3,(H,15,16)(H,17,18). The van der Waals surface area contributed by atoms with Crippen LogP contribution in [0.5, 0.6) is 5.75 Å². The Balaban J connectivity index is 3.02. The molecule has 20 heavy (non-hydrogen) atoms.